The Bertz CT molecular complexity index is 763. The van der Waals surface area contributed by atoms with E-state index in [1.807, 2.05) is 32.0 Å². The summed E-state index contributed by atoms with van der Waals surface area (Å²) in [6, 6.07) is 5.39. The zero-order valence-corrected chi connectivity index (χ0v) is 17.8. The van der Waals surface area contributed by atoms with Crippen LogP contribution in [0.5, 0.6) is 5.88 Å². The fraction of sp³-hybridized carbons (Fsp3) is 0.524. The predicted octanol–water partition coefficient (Wildman–Crippen LogP) is 1.67. The Morgan fingerprint density at radius 1 is 1.10 bits per heavy atom. The van der Waals surface area contributed by atoms with Crippen LogP contribution in [0.4, 0.5) is 10.7 Å². The first-order chi connectivity index (χ1) is 14.6. The van der Waals surface area contributed by atoms with Gasteiger partial charge >= 0.3 is 6.03 Å². The van der Waals surface area contributed by atoms with E-state index in [0.717, 1.165) is 50.7 Å². The number of hydrogen-bond donors (Lipinski definition) is 2. The summed E-state index contributed by atoms with van der Waals surface area (Å²) in [4.78, 5) is 29.4. The molecule has 0 bridgehead atoms. The monoisotopic (exact) mass is 413 g/mol. The standard InChI is InChI=1S/C21H31N7O2/c1-17(2)30-19-6-5-18(15-25-19)16-26-21(29)24-9-4-10-27-11-13-28(14-12-27)20-22-7-3-8-23-20/h3,5-8,15,17H,4,9-14,16H2,1-2H3,(H2,24,26,29). The van der Waals surface area contributed by atoms with Crippen LogP contribution >= 0.6 is 0 Å². The van der Waals surface area contributed by atoms with Gasteiger partial charge < -0.3 is 20.3 Å². The number of ether oxygens (including phenoxy) is 1. The second-order valence-electron chi connectivity index (χ2n) is 7.51. The van der Waals surface area contributed by atoms with E-state index in [0.29, 0.717) is 19.0 Å². The maximum atomic E-state index is 12.0. The fourth-order valence-corrected chi connectivity index (χ4v) is 3.20. The van der Waals surface area contributed by atoms with Crippen molar-refractivity contribution in [2.75, 3.05) is 44.2 Å². The van der Waals surface area contributed by atoms with Crippen LogP contribution in [0.1, 0.15) is 25.8 Å². The van der Waals surface area contributed by atoms with Crippen LogP contribution in [-0.4, -0.2) is 71.3 Å². The third-order valence-corrected chi connectivity index (χ3v) is 4.75. The topological polar surface area (TPSA) is 95.5 Å². The van der Waals surface area contributed by atoms with Crippen molar-refractivity contribution in [3.63, 3.8) is 0 Å². The van der Waals surface area contributed by atoms with Crippen molar-refractivity contribution < 1.29 is 9.53 Å². The zero-order chi connectivity index (χ0) is 21.2. The molecule has 0 saturated carbocycles. The molecule has 3 heterocycles. The Morgan fingerprint density at radius 3 is 2.53 bits per heavy atom. The summed E-state index contributed by atoms with van der Waals surface area (Å²) in [7, 11) is 0. The average Bonchev–Trinajstić information content (AvgIpc) is 2.77. The van der Waals surface area contributed by atoms with Crippen molar-refractivity contribution in [1.82, 2.24) is 30.5 Å². The number of urea groups is 1. The van der Waals surface area contributed by atoms with E-state index >= 15 is 0 Å². The fourth-order valence-electron chi connectivity index (χ4n) is 3.20. The predicted molar refractivity (Wildman–Crippen MR) is 116 cm³/mol. The summed E-state index contributed by atoms with van der Waals surface area (Å²) < 4.78 is 5.51. The molecule has 1 saturated heterocycles. The molecule has 0 radical (unpaired) electrons. The van der Waals surface area contributed by atoms with Crippen LogP contribution in [0.25, 0.3) is 0 Å². The molecule has 1 aliphatic rings. The van der Waals surface area contributed by atoms with E-state index in [9.17, 15) is 4.79 Å². The number of anilines is 1. The van der Waals surface area contributed by atoms with Crippen LogP contribution < -0.4 is 20.3 Å². The van der Waals surface area contributed by atoms with E-state index in [-0.39, 0.29) is 12.1 Å². The van der Waals surface area contributed by atoms with Crippen LogP contribution in [-0.2, 0) is 6.54 Å². The minimum absolute atomic E-state index is 0.0917. The van der Waals surface area contributed by atoms with Crippen molar-refractivity contribution in [3.8, 4) is 5.88 Å². The quantitative estimate of drug-likeness (QED) is 0.604. The molecule has 0 unspecified atom stereocenters. The largest absolute Gasteiger partial charge is 0.475 e. The Hall–Kier alpha value is -2.94. The third-order valence-electron chi connectivity index (χ3n) is 4.75. The maximum Gasteiger partial charge on any atom is 0.315 e. The molecule has 0 atom stereocenters. The van der Waals surface area contributed by atoms with Crippen LogP contribution in [0.3, 0.4) is 0 Å². The summed E-state index contributed by atoms with van der Waals surface area (Å²) in [6.07, 6.45) is 6.28. The number of nitrogens with zero attached hydrogens (tertiary/aromatic N) is 5. The molecule has 1 aliphatic heterocycles. The van der Waals surface area contributed by atoms with Gasteiger partial charge in [-0.3, -0.25) is 4.90 Å². The lowest BCUT2D eigenvalue weighted by Crippen LogP contribution is -2.47. The highest BCUT2D eigenvalue weighted by Crippen LogP contribution is 2.10. The average molecular weight is 414 g/mol. The van der Waals surface area contributed by atoms with Gasteiger partial charge in [-0.2, -0.15) is 0 Å². The molecule has 1 fully saturated rings. The van der Waals surface area contributed by atoms with Gasteiger partial charge in [0.1, 0.15) is 0 Å². The van der Waals surface area contributed by atoms with E-state index in [1.54, 1.807) is 18.6 Å². The van der Waals surface area contributed by atoms with E-state index < -0.39 is 0 Å². The van der Waals surface area contributed by atoms with Crippen LogP contribution in [0, 0.1) is 0 Å². The highest BCUT2D eigenvalue weighted by molar-refractivity contribution is 5.73. The van der Waals surface area contributed by atoms with Gasteiger partial charge in [0, 0.05) is 63.9 Å². The highest BCUT2D eigenvalue weighted by atomic mass is 16.5. The normalized spacial score (nSPS) is 14.6. The maximum absolute atomic E-state index is 12.0. The van der Waals surface area contributed by atoms with Gasteiger partial charge in [0.25, 0.3) is 0 Å². The summed E-state index contributed by atoms with van der Waals surface area (Å²) >= 11 is 0. The number of nitrogens with one attached hydrogen (secondary N) is 2. The second kappa shape index (κ2) is 11.3. The van der Waals surface area contributed by atoms with Gasteiger partial charge in [0.15, 0.2) is 0 Å². The van der Waals surface area contributed by atoms with Crippen molar-refractivity contribution in [1.29, 1.82) is 0 Å². The molecule has 2 amide bonds. The van der Waals surface area contributed by atoms with Crippen molar-refractivity contribution in [3.05, 3.63) is 42.4 Å². The van der Waals surface area contributed by atoms with Gasteiger partial charge in [-0.05, 0) is 38.4 Å². The number of aromatic nitrogens is 3. The first kappa shape index (κ1) is 21.8. The lowest BCUT2D eigenvalue weighted by Gasteiger charge is -2.34. The number of pyridine rings is 1. The van der Waals surface area contributed by atoms with Gasteiger partial charge in [-0.25, -0.2) is 19.7 Å². The number of amides is 2. The van der Waals surface area contributed by atoms with Gasteiger partial charge in [0.2, 0.25) is 11.8 Å². The Balaban J connectivity index is 1.26. The molecular formula is C21H31N7O2. The van der Waals surface area contributed by atoms with E-state index in [1.165, 1.54) is 0 Å². The number of hydrogen-bond acceptors (Lipinski definition) is 7. The Labute approximate surface area is 177 Å². The van der Waals surface area contributed by atoms with Crippen molar-refractivity contribution in [2.24, 2.45) is 0 Å². The summed E-state index contributed by atoms with van der Waals surface area (Å²) in [5, 5.41) is 5.77. The molecule has 0 aliphatic carbocycles. The summed E-state index contributed by atoms with van der Waals surface area (Å²) in [6.45, 7) is 9.77. The Kier molecular flexibility index (Phi) is 8.20. The molecule has 9 heteroatoms. The number of carbonyl (C=O) groups is 1. The van der Waals surface area contributed by atoms with Crippen LogP contribution in [0.2, 0.25) is 0 Å². The Morgan fingerprint density at radius 2 is 1.87 bits per heavy atom. The molecule has 0 spiro atoms. The summed E-state index contributed by atoms with van der Waals surface area (Å²) in [5.41, 5.74) is 0.932. The summed E-state index contributed by atoms with van der Waals surface area (Å²) in [5.74, 6) is 1.39. The molecular weight excluding hydrogens is 382 g/mol. The molecule has 0 aromatic carbocycles. The molecule has 9 nitrogen and oxygen atoms in total. The van der Waals surface area contributed by atoms with Crippen molar-refractivity contribution in [2.45, 2.75) is 32.9 Å². The SMILES string of the molecule is CC(C)Oc1ccc(CNC(=O)NCCCN2CCN(c3ncccn3)CC2)cn1. The van der Waals surface area contributed by atoms with Gasteiger partial charge in [0.05, 0.1) is 6.10 Å². The highest BCUT2D eigenvalue weighted by Gasteiger charge is 2.18. The molecule has 2 N–H and O–H groups in total. The molecule has 2 aromatic heterocycles. The number of piperazine rings is 1. The van der Waals surface area contributed by atoms with Gasteiger partial charge in [-0.1, -0.05) is 6.07 Å². The molecule has 162 valence electrons. The van der Waals surface area contributed by atoms with Crippen LogP contribution in [0.15, 0.2) is 36.8 Å². The second-order valence-corrected chi connectivity index (χ2v) is 7.51. The first-order valence-corrected chi connectivity index (χ1v) is 10.5. The van der Waals surface area contributed by atoms with Gasteiger partial charge in [-0.15, -0.1) is 0 Å². The first-order valence-electron chi connectivity index (χ1n) is 10.5. The minimum atomic E-state index is -0.163. The molecule has 3 rings (SSSR count). The minimum Gasteiger partial charge on any atom is -0.475 e. The molecule has 30 heavy (non-hydrogen) atoms. The lowest BCUT2D eigenvalue weighted by molar-refractivity contribution is 0.232. The zero-order valence-electron chi connectivity index (χ0n) is 17.8. The molecule has 2 aromatic rings. The van der Waals surface area contributed by atoms with Crippen molar-refractivity contribution >= 4 is 12.0 Å². The van der Waals surface area contributed by atoms with E-state index in [4.69, 9.17) is 4.74 Å². The smallest absolute Gasteiger partial charge is 0.315 e. The lowest BCUT2D eigenvalue weighted by atomic mass is 10.3. The number of rotatable bonds is 9. The number of carbonyl (C=O) groups excluding carboxylic acids is 1. The van der Waals surface area contributed by atoms with E-state index in [2.05, 4.69) is 35.4 Å². The third kappa shape index (κ3) is 7.14.